The molecule has 4 N–H and O–H groups in total. The van der Waals surface area contributed by atoms with Crippen molar-refractivity contribution in [3.05, 3.63) is 83.3 Å². The lowest BCUT2D eigenvalue weighted by molar-refractivity contribution is -0.140. The molecule has 2 heterocycles. The minimum absolute atomic E-state index is 0.0698. The van der Waals surface area contributed by atoms with Gasteiger partial charge in [0.25, 0.3) is 0 Å². The summed E-state index contributed by atoms with van der Waals surface area (Å²) >= 11 is 5.96. The normalized spacial score (nSPS) is 11.7. The number of hydrogen-bond acceptors (Lipinski definition) is 6. The third kappa shape index (κ3) is 6.84. The van der Waals surface area contributed by atoms with Crippen LogP contribution >= 0.6 is 11.6 Å². The fraction of sp³-hybridized carbons (Fsp3) is 0.0833. The van der Waals surface area contributed by atoms with Gasteiger partial charge < -0.3 is 21.1 Å². The van der Waals surface area contributed by atoms with Crippen LogP contribution < -0.4 is 21.1 Å². The Balaban J connectivity index is 1.42. The van der Waals surface area contributed by atoms with E-state index >= 15 is 0 Å². The minimum atomic E-state index is -5.01. The number of pyridine rings is 1. The summed E-state index contributed by atoms with van der Waals surface area (Å²) in [4.78, 5) is 24.0. The topological polar surface area (TPSA) is 115 Å². The lowest BCUT2D eigenvalue weighted by Gasteiger charge is -2.16. The number of aromatic nitrogens is 3. The first-order chi connectivity index (χ1) is 18.3. The molecule has 0 fully saturated rings. The molecule has 0 aliphatic heterocycles. The molecular formula is C24H15ClF6N6O2. The summed E-state index contributed by atoms with van der Waals surface area (Å²) in [6.45, 7) is 0. The highest BCUT2D eigenvalue weighted by molar-refractivity contribution is 6.30. The zero-order valence-electron chi connectivity index (χ0n) is 19.2. The van der Waals surface area contributed by atoms with Crippen LogP contribution in [0.1, 0.15) is 11.1 Å². The van der Waals surface area contributed by atoms with E-state index in [1.165, 1.54) is 6.20 Å². The van der Waals surface area contributed by atoms with Gasteiger partial charge in [0.1, 0.15) is 11.6 Å². The van der Waals surface area contributed by atoms with Gasteiger partial charge in [0.15, 0.2) is 0 Å². The van der Waals surface area contributed by atoms with Crippen molar-refractivity contribution in [2.24, 2.45) is 0 Å². The van der Waals surface area contributed by atoms with Gasteiger partial charge in [-0.25, -0.2) is 19.7 Å². The maximum Gasteiger partial charge on any atom is 0.418 e. The summed E-state index contributed by atoms with van der Waals surface area (Å²) in [5, 5.41) is 4.33. The standard InChI is InChI=1S/C24H15ClF6N6O2/c25-14-8-17(20(32)33-9-14)12-1-4-16(5-2-12)39-22-34-10-15(11-35-22)36-21(38)37-19-7-13(23(26,27)28)3-6-18(19)24(29,30)31/h1-11H,(H2,32,33)(H2,36,37,38). The lowest BCUT2D eigenvalue weighted by atomic mass is 10.1. The molecule has 2 amide bonds. The van der Waals surface area contributed by atoms with E-state index in [9.17, 15) is 31.1 Å². The minimum Gasteiger partial charge on any atom is -0.424 e. The molecule has 0 saturated carbocycles. The van der Waals surface area contributed by atoms with Crippen LogP contribution in [0.15, 0.2) is 67.1 Å². The molecule has 202 valence electrons. The Bertz CT molecular complexity index is 1500. The van der Waals surface area contributed by atoms with Gasteiger partial charge in [-0.05, 0) is 42.0 Å². The number of rotatable bonds is 5. The molecule has 0 aliphatic carbocycles. The quantitative estimate of drug-likeness (QED) is 0.218. The van der Waals surface area contributed by atoms with E-state index in [-0.39, 0.29) is 35.7 Å². The highest BCUT2D eigenvalue weighted by atomic mass is 35.5. The number of halogens is 7. The fourth-order valence-electron chi connectivity index (χ4n) is 3.28. The van der Waals surface area contributed by atoms with Gasteiger partial charge >= 0.3 is 24.4 Å². The second kappa shape index (κ2) is 10.6. The first kappa shape index (κ1) is 27.4. The smallest absolute Gasteiger partial charge is 0.418 e. The highest BCUT2D eigenvalue weighted by Crippen LogP contribution is 2.39. The number of hydrogen-bond donors (Lipinski definition) is 3. The van der Waals surface area contributed by atoms with Crippen molar-refractivity contribution < 1.29 is 35.9 Å². The molecule has 0 aliphatic rings. The zero-order chi connectivity index (χ0) is 28.4. The van der Waals surface area contributed by atoms with E-state index in [1.807, 2.05) is 0 Å². The predicted molar refractivity (Wildman–Crippen MR) is 130 cm³/mol. The molecule has 0 radical (unpaired) electrons. The van der Waals surface area contributed by atoms with Gasteiger partial charge in [-0.2, -0.15) is 26.3 Å². The Labute approximate surface area is 220 Å². The molecule has 0 bridgehead atoms. The van der Waals surface area contributed by atoms with Gasteiger partial charge in [0.05, 0.1) is 39.9 Å². The third-order valence-electron chi connectivity index (χ3n) is 5.05. The Morgan fingerprint density at radius 1 is 0.846 bits per heavy atom. The number of nitrogens with two attached hydrogens (primary N) is 1. The van der Waals surface area contributed by atoms with Gasteiger partial charge in [-0.1, -0.05) is 23.7 Å². The van der Waals surface area contributed by atoms with Crippen LogP contribution in [0, 0.1) is 0 Å². The lowest BCUT2D eigenvalue weighted by Crippen LogP contribution is -2.22. The van der Waals surface area contributed by atoms with E-state index in [1.54, 1.807) is 35.6 Å². The molecule has 0 atom stereocenters. The molecular weight excluding hydrogens is 554 g/mol. The van der Waals surface area contributed by atoms with Gasteiger partial charge in [0, 0.05) is 11.8 Å². The van der Waals surface area contributed by atoms with Crippen LogP contribution in [-0.2, 0) is 12.4 Å². The second-order valence-corrected chi connectivity index (χ2v) is 8.24. The number of nitrogens with zero attached hydrogens (tertiary/aromatic N) is 3. The van der Waals surface area contributed by atoms with Gasteiger partial charge in [-0.3, -0.25) is 0 Å². The van der Waals surface area contributed by atoms with E-state index < -0.39 is 35.2 Å². The zero-order valence-corrected chi connectivity index (χ0v) is 20.0. The van der Waals surface area contributed by atoms with Crippen molar-refractivity contribution in [1.29, 1.82) is 0 Å². The number of carbonyl (C=O) groups is 1. The van der Waals surface area contributed by atoms with Crippen molar-refractivity contribution in [3.63, 3.8) is 0 Å². The molecule has 4 aromatic rings. The van der Waals surface area contributed by atoms with E-state index in [0.29, 0.717) is 16.3 Å². The monoisotopic (exact) mass is 568 g/mol. The van der Waals surface area contributed by atoms with Crippen LogP contribution in [-0.4, -0.2) is 21.0 Å². The van der Waals surface area contributed by atoms with Gasteiger partial charge in [-0.15, -0.1) is 0 Å². The number of urea groups is 1. The highest BCUT2D eigenvalue weighted by Gasteiger charge is 2.37. The summed E-state index contributed by atoms with van der Waals surface area (Å²) in [6.07, 6.45) is -6.33. The van der Waals surface area contributed by atoms with Crippen molar-refractivity contribution in [1.82, 2.24) is 15.0 Å². The number of carbonyl (C=O) groups excluding carboxylic acids is 1. The van der Waals surface area contributed by atoms with Crippen molar-refractivity contribution in [3.8, 4) is 22.9 Å². The maximum atomic E-state index is 13.2. The van der Waals surface area contributed by atoms with Crippen LogP contribution in [0.25, 0.3) is 11.1 Å². The number of benzene rings is 2. The molecule has 0 spiro atoms. The largest absolute Gasteiger partial charge is 0.424 e. The second-order valence-electron chi connectivity index (χ2n) is 7.80. The van der Waals surface area contributed by atoms with E-state index in [4.69, 9.17) is 22.1 Å². The Morgan fingerprint density at radius 2 is 1.51 bits per heavy atom. The van der Waals surface area contributed by atoms with Crippen molar-refractivity contribution >= 4 is 34.8 Å². The van der Waals surface area contributed by atoms with E-state index in [2.05, 4.69) is 20.3 Å². The molecule has 0 saturated heterocycles. The first-order valence-corrected chi connectivity index (χ1v) is 11.1. The third-order valence-corrected chi connectivity index (χ3v) is 5.25. The van der Waals surface area contributed by atoms with Gasteiger partial charge in [0.2, 0.25) is 0 Å². The SMILES string of the molecule is Nc1ncc(Cl)cc1-c1ccc(Oc2ncc(NC(=O)Nc3cc(C(F)(F)F)ccc3C(F)(F)F)cn2)cc1. The summed E-state index contributed by atoms with van der Waals surface area (Å²) < 4.78 is 84.0. The van der Waals surface area contributed by atoms with E-state index in [0.717, 1.165) is 18.0 Å². The number of ether oxygens (including phenoxy) is 1. The number of nitrogen functional groups attached to an aromatic ring is 1. The summed E-state index contributed by atoms with van der Waals surface area (Å²) in [7, 11) is 0. The first-order valence-electron chi connectivity index (χ1n) is 10.7. The molecule has 15 heteroatoms. The Kier molecular flexibility index (Phi) is 7.49. The molecule has 0 unspecified atom stereocenters. The average molecular weight is 569 g/mol. The van der Waals surface area contributed by atoms with Crippen LogP contribution in [0.5, 0.6) is 11.8 Å². The van der Waals surface area contributed by atoms with Crippen LogP contribution in [0.3, 0.4) is 0 Å². The molecule has 2 aromatic carbocycles. The predicted octanol–water partition coefficient (Wildman–Crippen LogP) is 7.25. The number of nitrogens with one attached hydrogen (secondary N) is 2. The average Bonchev–Trinajstić information content (AvgIpc) is 2.86. The molecule has 39 heavy (non-hydrogen) atoms. The fourth-order valence-corrected chi connectivity index (χ4v) is 3.44. The maximum absolute atomic E-state index is 13.2. The number of amides is 2. The Morgan fingerprint density at radius 3 is 2.13 bits per heavy atom. The molecule has 2 aromatic heterocycles. The van der Waals surface area contributed by atoms with Crippen molar-refractivity contribution in [2.75, 3.05) is 16.4 Å². The van der Waals surface area contributed by atoms with Crippen LogP contribution in [0.4, 0.5) is 48.3 Å². The summed E-state index contributed by atoms with van der Waals surface area (Å²) in [6, 6.07) is 7.58. The molecule has 8 nitrogen and oxygen atoms in total. The van der Waals surface area contributed by atoms with Crippen LogP contribution in [0.2, 0.25) is 5.02 Å². The number of anilines is 3. The number of alkyl halides is 6. The Hall–Kier alpha value is -4.59. The summed E-state index contributed by atoms with van der Waals surface area (Å²) in [5.74, 6) is 0.626. The van der Waals surface area contributed by atoms with Crippen molar-refractivity contribution in [2.45, 2.75) is 12.4 Å². The molecule has 4 rings (SSSR count). The summed E-state index contributed by atoms with van der Waals surface area (Å²) in [5.41, 5.74) is 3.25.